The van der Waals surface area contributed by atoms with Gasteiger partial charge >= 0.3 is 0 Å². The van der Waals surface area contributed by atoms with Crippen molar-refractivity contribution in [3.63, 3.8) is 0 Å². The van der Waals surface area contributed by atoms with Crippen LogP contribution in [0.4, 0.5) is 0 Å². The van der Waals surface area contributed by atoms with Gasteiger partial charge in [-0.2, -0.15) is 5.10 Å². The van der Waals surface area contributed by atoms with Crippen LogP contribution in [0.3, 0.4) is 0 Å². The third kappa shape index (κ3) is 5.04. The van der Waals surface area contributed by atoms with E-state index < -0.39 is 5.41 Å². The van der Waals surface area contributed by atoms with E-state index in [-0.39, 0.29) is 18.1 Å². The smallest absolute Gasteiger partial charge is 0.245 e. The Morgan fingerprint density at radius 1 is 1.16 bits per heavy atom. The summed E-state index contributed by atoms with van der Waals surface area (Å²) < 4.78 is 0. The molecule has 4 nitrogen and oxygen atoms in total. The molecule has 0 bridgehead atoms. The van der Waals surface area contributed by atoms with Crippen molar-refractivity contribution in [3.05, 3.63) is 35.9 Å². The number of nitrogens with one attached hydrogen (secondary N) is 1. The normalized spacial score (nSPS) is 12.1. The predicted octanol–water partition coefficient (Wildman–Crippen LogP) is 2.80. The van der Waals surface area contributed by atoms with E-state index in [1.165, 1.54) is 0 Å². The SMILES string of the molecule is C/C(CC(=O)c1ccccc1)=N/NC(=O)C(C)(C)C. The number of Topliss-reactive ketones (excluding diaryl/α,β-unsaturated/α-hetero) is 1. The molecule has 0 saturated carbocycles. The Morgan fingerprint density at radius 3 is 2.26 bits per heavy atom. The third-order valence-corrected chi connectivity index (χ3v) is 2.54. The van der Waals surface area contributed by atoms with Crippen LogP contribution in [0.25, 0.3) is 0 Å². The van der Waals surface area contributed by atoms with E-state index in [1.807, 2.05) is 39.0 Å². The molecule has 1 amide bonds. The number of carbonyl (C=O) groups excluding carboxylic acids is 2. The van der Waals surface area contributed by atoms with Crippen molar-refractivity contribution < 1.29 is 9.59 Å². The second-order valence-electron chi connectivity index (χ2n) is 5.50. The zero-order valence-corrected chi connectivity index (χ0v) is 11.9. The number of hydrogen-bond donors (Lipinski definition) is 1. The first-order valence-electron chi connectivity index (χ1n) is 6.22. The van der Waals surface area contributed by atoms with Gasteiger partial charge in [-0.15, -0.1) is 0 Å². The zero-order valence-electron chi connectivity index (χ0n) is 11.9. The Balaban J connectivity index is 2.58. The van der Waals surface area contributed by atoms with Crippen LogP contribution >= 0.6 is 0 Å². The van der Waals surface area contributed by atoms with E-state index in [4.69, 9.17) is 0 Å². The van der Waals surface area contributed by atoms with Gasteiger partial charge in [0.2, 0.25) is 5.91 Å². The van der Waals surface area contributed by atoms with Crippen molar-refractivity contribution in [2.75, 3.05) is 0 Å². The highest BCUT2D eigenvalue weighted by molar-refractivity contribution is 6.09. The van der Waals surface area contributed by atoms with Crippen LogP contribution in [0.5, 0.6) is 0 Å². The van der Waals surface area contributed by atoms with Gasteiger partial charge in [0.05, 0.1) is 6.42 Å². The van der Waals surface area contributed by atoms with Gasteiger partial charge in [-0.1, -0.05) is 51.1 Å². The van der Waals surface area contributed by atoms with E-state index >= 15 is 0 Å². The lowest BCUT2D eigenvalue weighted by molar-refractivity contribution is -0.128. The maximum atomic E-state index is 11.9. The summed E-state index contributed by atoms with van der Waals surface area (Å²) in [6.07, 6.45) is 0.203. The van der Waals surface area contributed by atoms with Crippen molar-refractivity contribution in [3.8, 4) is 0 Å². The summed E-state index contributed by atoms with van der Waals surface area (Å²) in [4.78, 5) is 23.5. The fraction of sp³-hybridized carbons (Fsp3) is 0.400. The molecule has 0 fully saturated rings. The van der Waals surface area contributed by atoms with Crippen molar-refractivity contribution in [1.29, 1.82) is 0 Å². The van der Waals surface area contributed by atoms with Crippen LogP contribution in [-0.2, 0) is 4.79 Å². The van der Waals surface area contributed by atoms with Crippen molar-refractivity contribution >= 4 is 17.4 Å². The molecule has 0 aromatic heterocycles. The van der Waals surface area contributed by atoms with Gasteiger partial charge in [0.15, 0.2) is 5.78 Å². The number of nitrogens with zero attached hydrogens (tertiary/aromatic N) is 1. The number of rotatable bonds is 4. The van der Waals surface area contributed by atoms with Crippen LogP contribution in [0.2, 0.25) is 0 Å². The number of amides is 1. The molecular formula is C15H20N2O2. The molecule has 19 heavy (non-hydrogen) atoms. The first-order chi connectivity index (χ1) is 8.80. The maximum absolute atomic E-state index is 11.9. The first kappa shape index (κ1) is 15.1. The number of ketones is 1. The van der Waals surface area contributed by atoms with Crippen molar-refractivity contribution in [2.45, 2.75) is 34.1 Å². The highest BCUT2D eigenvalue weighted by Gasteiger charge is 2.20. The quantitative estimate of drug-likeness (QED) is 0.514. The lowest BCUT2D eigenvalue weighted by Crippen LogP contribution is -2.32. The molecule has 1 aromatic rings. The fourth-order valence-corrected chi connectivity index (χ4v) is 1.31. The number of carbonyl (C=O) groups is 2. The Labute approximate surface area is 113 Å². The minimum Gasteiger partial charge on any atom is -0.294 e. The van der Waals surface area contributed by atoms with Gasteiger partial charge in [-0.05, 0) is 6.92 Å². The molecule has 0 aliphatic carbocycles. The number of hydrogen-bond acceptors (Lipinski definition) is 3. The summed E-state index contributed by atoms with van der Waals surface area (Å²) in [7, 11) is 0. The topological polar surface area (TPSA) is 58.5 Å². The summed E-state index contributed by atoms with van der Waals surface area (Å²) in [6.45, 7) is 7.15. The molecule has 0 aliphatic rings. The highest BCUT2D eigenvalue weighted by atomic mass is 16.2. The molecule has 1 aromatic carbocycles. The van der Waals surface area contributed by atoms with Gasteiger partial charge in [0.1, 0.15) is 0 Å². The summed E-state index contributed by atoms with van der Waals surface area (Å²) in [5, 5.41) is 3.95. The second kappa shape index (κ2) is 6.27. The average molecular weight is 260 g/mol. The van der Waals surface area contributed by atoms with Crippen LogP contribution in [-0.4, -0.2) is 17.4 Å². The molecule has 0 atom stereocenters. The average Bonchev–Trinajstić information content (AvgIpc) is 2.35. The Kier molecular flexibility index (Phi) is 4.98. The summed E-state index contributed by atoms with van der Waals surface area (Å²) >= 11 is 0. The van der Waals surface area contributed by atoms with Crippen LogP contribution in [0.15, 0.2) is 35.4 Å². The number of hydrazone groups is 1. The number of benzene rings is 1. The Bertz CT molecular complexity index is 485. The lowest BCUT2D eigenvalue weighted by Gasteiger charge is -2.15. The van der Waals surface area contributed by atoms with Crippen molar-refractivity contribution in [1.82, 2.24) is 5.43 Å². The lowest BCUT2D eigenvalue weighted by atomic mass is 9.96. The van der Waals surface area contributed by atoms with Crippen LogP contribution in [0.1, 0.15) is 44.5 Å². The van der Waals surface area contributed by atoms with Crippen molar-refractivity contribution in [2.24, 2.45) is 10.5 Å². The molecule has 0 unspecified atom stereocenters. The molecule has 0 saturated heterocycles. The van der Waals surface area contributed by atoms with Gasteiger partial charge in [0, 0.05) is 16.7 Å². The van der Waals surface area contributed by atoms with E-state index in [2.05, 4.69) is 10.5 Å². The zero-order chi connectivity index (χ0) is 14.5. The van der Waals surface area contributed by atoms with Crippen LogP contribution < -0.4 is 5.43 Å². The predicted molar refractivity (Wildman–Crippen MR) is 76.1 cm³/mol. The van der Waals surface area contributed by atoms with Gasteiger partial charge in [-0.25, -0.2) is 5.43 Å². The largest absolute Gasteiger partial charge is 0.294 e. The minimum absolute atomic E-state index is 0.00754. The molecule has 1 rings (SSSR count). The molecule has 102 valence electrons. The van der Waals surface area contributed by atoms with Gasteiger partial charge in [-0.3, -0.25) is 9.59 Å². The fourth-order valence-electron chi connectivity index (χ4n) is 1.31. The van der Waals surface area contributed by atoms with Crippen LogP contribution in [0, 0.1) is 5.41 Å². The van der Waals surface area contributed by atoms with E-state index in [9.17, 15) is 9.59 Å². The first-order valence-corrected chi connectivity index (χ1v) is 6.22. The molecular weight excluding hydrogens is 240 g/mol. The van der Waals surface area contributed by atoms with Gasteiger partial charge < -0.3 is 0 Å². The molecule has 0 radical (unpaired) electrons. The monoisotopic (exact) mass is 260 g/mol. The maximum Gasteiger partial charge on any atom is 0.245 e. The summed E-state index contributed by atoms with van der Waals surface area (Å²) in [5.74, 6) is -0.175. The molecule has 0 aliphatic heterocycles. The highest BCUT2D eigenvalue weighted by Crippen LogP contribution is 2.12. The Morgan fingerprint density at radius 2 is 1.74 bits per heavy atom. The third-order valence-electron chi connectivity index (χ3n) is 2.54. The summed E-state index contributed by atoms with van der Waals surface area (Å²) in [6, 6.07) is 9.04. The van der Waals surface area contributed by atoms with E-state index in [0.717, 1.165) is 0 Å². The molecule has 1 N–H and O–H groups in total. The minimum atomic E-state index is -0.493. The Hall–Kier alpha value is -1.97. The molecule has 4 heteroatoms. The molecule has 0 heterocycles. The molecule has 0 spiro atoms. The van der Waals surface area contributed by atoms with E-state index in [1.54, 1.807) is 19.1 Å². The van der Waals surface area contributed by atoms with Gasteiger partial charge in [0.25, 0.3) is 0 Å². The van der Waals surface area contributed by atoms with E-state index in [0.29, 0.717) is 11.3 Å². The standard InChI is InChI=1S/C15H20N2O2/c1-11(16-17-14(19)15(2,3)4)10-13(18)12-8-6-5-7-9-12/h5-9H,10H2,1-4H3,(H,17,19)/b16-11-. The summed E-state index contributed by atoms with van der Waals surface area (Å²) in [5.41, 5.74) is 3.22. The second-order valence-corrected chi connectivity index (χ2v) is 5.50.